The molecule has 7 heteroatoms. The third-order valence-corrected chi connectivity index (χ3v) is 3.06. The molecule has 3 aromatic rings. The molecule has 0 unspecified atom stereocenters. The molecule has 0 saturated heterocycles. The van der Waals surface area contributed by atoms with Crippen LogP contribution in [-0.2, 0) is 0 Å². The highest BCUT2D eigenvalue weighted by Gasteiger charge is 2.15. The zero-order valence-electron chi connectivity index (χ0n) is 11.6. The number of carbonyl (C=O) groups excluding carboxylic acids is 1. The van der Waals surface area contributed by atoms with E-state index in [4.69, 9.17) is 9.68 Å². The maximum absolute atomic E-state index is 12.2. The fraction of sp³-hybridized carbons (Fsp3) is 0. The van der Waals surface area contributed by atoms with E-state index in [2.05, 4.69) is 10.3 Å². The molecule has 2 N–H and O–H groups in total. The number of carbonyl (C=O) groups is 1. The van der Waals surface area contributed by atoms with E-state index < -0.39 is 11.3 Å². The van der Waals surface area contributed by atoms with E-state index in [0.29, 0.717) is 0 Å². The van der Waals surface area contributed by atoms with E-state index in [9.17, 15) is 14.7 Å². The Morgan fingerprint density at radius 1 is 1.26 bits per heavy atom. The van der Waals surface area contributed by atoms with Crippen molar-refractivity contribution in [3.05, 3.63) is 64.1 Å². The van der Waals surface area contributed by atoms with Crippen LogP contribution < -0.4 is 10.7 Å². The molecule has 2 aromatic heterocycles. The van der Waals surface area contributed by atoms with Crippen LogP contribution in [0.25, 0.3) is 11.0 Å². The molecule has 23 heavy (non-hydrogen) atoms. The molecule has 0 atom stereocenters. The Morgan fingerprint density at radius 2 is 2.04 bits per heavy atom. The average Bonchev–Trinajstić information content (AvgIpc) is 2.54. The topological polar surface area (TPSA) is 116 Å². The van der Waals surface area contributed by atoms with Crippen molar-refractivity contribution in [3.8, 4) is 11.8 Å². The minimum atomic E-state index is -0.685. The van der Waals surface area contributed by atoms with Crippen LogP contribution in [0.1, 0.15) is 16.2 Å². The van der Waals surface area contributed by atoms with Crippen LogP contribution >= 0.6 is 0 Å². The van der Waals surface area contributed by atoms with Crippen molar-refractivity contribution in [2.24, 2.45) is 0 Å². The molecule has 7 nitrogen and oxygen atoms in total. The normalized spacial score (nSPS) is 10.2. The summed E-state index contributed by atoms with van der Waals surface area (Å²) in [6.07, 6.45) is 0. The standard InChI is InChI=1S/C16H9N3O4/c17-8-9-3-1-6-14(18-9)19-16(22)13-7-11(21)15-10(20)4-2-5-12(15)23-13/h1-7,20H,(H,18,19,22). The van der Waals surface area contributed by atoms with Gasteiger partial charge in [0.15, 0.2) is 11.2 Å². The molecule has 0 fully saturated rings. The number of pyridine rings is 1. The number of nitriles is 1. The van der Waals surface area contributed by atoms with Gasteiger partial charge in [0.25, 0.3) is 5.91 Å². The Morgan fingerprint density at radius 3 is 2.83 bits per heavy atom. The van der Waals surface area contributed by atoms with Crippen LogP contribution in [0.15, 0.2) is 51.7 Å². The highest BCUT2D eigenvalue weighted by Crippen LogP contribution is 2.21. The summed E-state index contributed by atoms with van der Waals surface area (Å²) in [6.45, 7) is 0. The highest BCUT2D eigenvalue weighted by atomic mass is 16.3. The molecule has 0 aliphatic rings. The summed E-state index contributed by atoms with van der Waals surface area (Å²) in [5.41, 5.74) is -0.290. The van der Waals surface area contributed by atoms with Gasteiger partial charge in [0.2, 0.25) is 0 Å². The zero-order chi connectivity index (χ0) is 16.4. The van der Waals surface area contributed by atoms with E-state index in [1.807, 2.05) is 6.07 Å². The summed E-state index contributed by atoms with van der Waals surface area (Å²) in [5.74, 6) is -0.966. The minimum Gasteiger partial charge on any atom is -0.507 e. The molecule has 3 rings (SSSR count). The van der Waals surface area contributed by atoms with Gasteiger partial charge >= 0.3 is 0 Å². The van der Waals surface area contributed by atoms with Crippen LogP contribution in [-0.4, -0.2) is 16.0 Å². The smallest absolute Gasteiger partial charge is 0.292 e. The van der Waals surface area contributed by atoms with E-state index in [1.165, 1.54) is 30.3 Å². The summed E-state index contributed by atoms with van der Waals surface area (Å²) in [7, 11) is 0. The quantitative estimate of drug-likeness (QED) is 0.748. The number of amides is 1. The average molecular weight is 307 g/mol. The number of rotatable bonds is 2. The van der Waals surface area contributed by atoms with Crippen molar-refractivity contribution < 1.29 is 14.3 Å². The Labute approximate surface area is 129 Å². The molecule has 112 valence electrons. The summed E-state index contributed by atoms with van der Waals surface area (Å²) in [4.78, 5) is 28.1. The first kappa shape index (κ1) is 14.3. The number of nitrogens with zero attached hydrogens (tertiary/aromatic N) is 2. The Hall–Kier alpha value is -3.66. The number of hydrogen-bond acceptors (Lipinski definition) is 6. The number of phenols is 1. The number of aromatic nitrogens is 1. The van der Waals surface area contributed by atoms with Gasteiger partial charge in [0.1, 0.15) is 34.3 Å². The molecule has 0 aliphatic heterocycles. The molecule has 0 bridgehead atoms. The Balaban J connectivity index is 1.98. The summed E-state index contributed by atoms with van der Waals surface area (Å²) in [5, 5.41) is 20.9. The lowest BCUT2D eigenvalue weighted by atomic mass is 10.2. The summed E-state index contributed by atoms with van der Waals surface area (Å²) >= 11 is 0. The fourth-order valence-electron chi connectivity index (χ4n) is 2.05. The molecular weight excluding hydrogens is 298 g/mol. The molecule has 0 saturated carbocycles. The van der Waals surface area contributed by atoms with Crippen molar-refractivity contribution in [1.29, 1.82) is 5.26 Å². The van der Waals surface area contributed by atoms with Crippen LogP contribution in [0.3, 0.4) is 0 Å². The van der Waals surface area contributed by atoms with Crippen LogP contribution in [0, 0.1) is 11.3 Å². The molecule has 0 radical (unpaired) electrons. The lowest BCUT2D eigenvalue weighted by Crippen LogP contribution is -2.16. The zero-order valence-corrected chi connectivity index (χ0v) is 11.6. The van der Waals surface area contributed by atoms with Gasteiger partial charge in [-0.25, -0.2) is 4.98 Å². The SMILES string of the molecule is N#Cc1cccc(NC(=O)c2cc(=O)c3c(O)cccc3o2)n1. The monoisotopic (exact) mass is 307 g/mol. The second-order valence-corrected chi connectivity index (χ2v) is 4.60. The molecule has 0 spiro atoms. The first-order chi connectivity index (χ1) is 11.1. The first-order valence-electron chi connectivity index (χ1n) is 6.53. The maximum atomic E-state index is 12.2. The number of anilines is 1. The van der Waals surface area contributed by atoms with Gasteiger partial charge in [-0.15, -0.1) is 0 Å². The number of aromatic hydroxyl groups is 1. The van der Waals surface area contributed by atoms with E-state index in [-0.39, 0.29) is 34.0 Å². The number of phenolic OH excluding ortho intramolecular Hbond substituents is 1. The van der Waals surface area contributed by atoms with E-state index >= 15 is 0 Å². The third-order valence-electron chi connectivity index (χ3n) is 3.06. The Kier molecular flexibility index (Phi) is 3.49. The minimum absolute atomic E-state index is 0.00801. The van der Waals surface area contributed by atoms with Crippen molar-refractivity contribution >= 4 is 22.7 Å². The lowest BCUT2D eigenvalue weighted by Gasteiger charge is -2.05. The van der Waals surface area contributed by atoms with Gasteiger partial charge in [-0.05, 0) is 24.3 Å². The largest absolute Gasteiger partial charge is 0.507 e. The van der Waals surface area contributed by atoms with Gasteiger partial charge in [-0.1, -0.05) is 12.1 Å². The second kappa shape index (κ2) is 5.61. The number of benzene rings is 1. The number of nitrogens with one attached hydrogen (secondary N) is 1. The van der Waals surface area contributed by atoms with Gasteiger partial charge in [0.05, 0.1) is 0 Å². The van der Waals surface area contributed by atoms with Gasteiger partial charge in [-0.2, -0.15) is 5.26 Å². The van der Waals surface area contributed by atoms with Crippen LogP contribution in [0.5, 0.6) is 5.75 Å². The van der Waals surface area contributed by atoms with Crippen molar-refractivity contribution in [3.63, 3.8) is 0 Å². The second-order valence-electron chi connectivity index (χ2n) is 4.60. The summed E-state index contributed by atoms with van der Waals surface area (Å²) < 4.78 is 5.35. The Bertz CT molecular complexity index is 1020. The van der Waals surface area contributed by atoms with Crippen molar-refractivity contribution in [2.75, 3.05) is 5.32 Å². The van der Waals surface area contributed by atoms with E-state index in [1.54, 1.807) is 6.07 Å². The molecule has 2 heterocycles. The molecule has 1 amide bonds. The number of fused-ring (bicyclic) bond motifs is 1. The van der Waals surface area contributed by atoms with Gasteiger partial charge in [0, 0.05) is 6.07 Å². The number of hydrogen-bond donors (Lipinski definition) is 2. The van der Waals surface area contributed by atoms with Crippen molar-refractivity contribution in [1.82, 2.24) is 4.98 Å². The maximum Gasteiger partial charge on any atom is 0.292 e. The first-order valence-corrected chi connectivity index (χ1v) is 6.53. The molecule has 1 aromatic carbocycles. The highest BCUT2D eigenvalue weighted by molar-refractivity contribution is 6.02. The molecular formula is C16H9N3O4. The predicted octanol–water partition coefficient (Wildman–Crippen LogP) is 2.02. The van der Waals surface area contributed by atoms with Crippen LogP contribution in [0.2, 0.25) is 0 Å². The lowest BCUT2D eigenvalue weighted by molar-refractivity contribution is 0.0996. The third kappa shape index (κ3) is 2.73. The predicted molar refractivity (Wildman–Crippen MR) is 81.1 cm³/mol. The summed E-state index contributed by atoms with van der Waals surface area (Å²) in [6, 6.07) is 11.7. The fourth-order valence-corrected chi connectivity index (χ4v) is 2.05. The van der Waals surface area contributed by atoms with Crippen LogP contribution in [0.4, 0.5) is 5.82 Å². The van der Waals surface area contributed by atoms with Crippen molar-refractivity contribution in [2.45, 2.75) is 0 Å². The van der Waals surface area contributed by atoms with Gasteiger partial charge < -0.3 is 14.8 Å². The molecule has 0 aliphatic carbocycles. The van der Waals surface area contributed by atoms with Gasteiger partial charge in [-0.3, -0.25) is 9.59 Å². The van der Waals surface area contributed by atoms with E-state index in [0.717, 1.165) is 6.07 Å².